The van der Waals surface area contributed by atoms with E-state index in [-0.39, 0.29) is 17.4 Å². The Bertz CT molecular complexity index is 623. The van der Waals surface area contributed by atoms with E-state index in [0.717, 1.165) is 12.1 Å². The predicted molar refractivity (Wildman–Crippen MR) is 64.4 cm³/mol. The van der Waals surface area contributed by atoms with E-state index in [1.54, 1.807) is 0 Å². The maximum atomic E-state index is 14.0. The van der Waals surface area contributed by atoms with Gasteiger partial charge in [-0.05, 0) is 24.4 Å². The van der Waals surface area contributed by atoms with Crippen LogP contribution in [0.25, 0.3) is 10.8 Å². The molecule has 5 heteroatoms. The van der Waals surface area contributed by atoms with Gasteiger partial charge in [-0.1, -0.05) is 24.3 Å². The molecule has 2 nitrogen and oxygen atoms in total. The smallest absolute Gasteiger partial charge is 0.382 e. The summed E-state index contributed by atoms with van der Waals surface area (Å²) in [7, 11) is 0. The fourth-order valence-corrected chi connectivity index (χ4v) is 1.87. The summed E-state index contributed by atoms with van der Waals surface area (Å²) >= 11 is 0. The number of benzene rings is 2. The zero-order chi connectivity index (χ0) is 14.0. The molecule has 2 aromatic rings. The average molecular weight is 268 g/mol. The molecule has 2 rings (SSSR count). The van der Waals surface area contributed by atoms with Gasteiger partial charge in [-0.25, -0.2) is 9.18 Å². The highest BCUT2D eigenvalue weighted by atomic mass is 19.3. The average Bonchev–Trinajstić information content (AvgIpc) is 2.39. The molecule has 0 radical (unpaired) electrons. The van der Waals surface area contributed by atoms with Crippen molar-refractivity contribution in [1.29, 1.82) is 0 Å². The zero-order valence-corrected chi connectivity index (χ0v) is 10.1. The minimum Gasteiger partial charge on any atom is -0.461 e. The van der Waals surface area contributed by atoms with E-state index in [4.69, 9.17) is 0 Å². The van der Waals surface area contributed by atoms with E-state index in [9.17, 15) is 18.0 Å². The summed E-state index contributed by atoms with van der Waals surface area (Å²) in [6, 6.07) is 7.61. The van der Waals surface area contributed by atoms with E-state index in [0.29, 0.717) is 0 Å². The van der Waals surface area contributed by atoms with E-state index in [2.05, 4.69) is 4.74 Å². The lowest BCUT2D eigenvalue weighted by Crippen LogP contribution is -2.28. The highest BCUT2D eigenvalue weighted by Crippen LogP contribution is 2.35. The lowest BCUT2D eigenvalue weighted by molar-refractivity contribution is -0.172. The summed E-state index contributed by atoms with van der Waals surface area (Å²) in [4.78, 5) is 11.3. The molecule has 0 amide bonds. The second-order valence-corrected chi connectivity index (χ2v) is 3.94. The van der Waals surface area contributed by atoms with Crippen LogP contribution in [0.15, 0.2) is 36.4 Å². The van der Waals surface area contributed by atoms with Crippen molar-refractivity contribution < 1.29 is 22.7 Å². The van der Waals surface area contributed by atoms with E-state index in [1.807, 2.05) is 0 Å². The molecular weight excluding hydrogens is 257 g/mol. The Morgan fingerprint density at radius 3 is 2.42 bits per heavy atom. The minimum atomic E-state index is -3.80. The first kappa shape index (κ1) is 13.4. The van der Waals surface area contributed by atoms with Crippen LogP contribution in [0.4, 0.5) is 13.2 Å². The Hall–Kier alpha value is -2.04. The van der Waals surface area contributed by atoms with Crippen LogP contribution in [0, 0.1) is 5.82 Å². The second-order valence-electron chi connectivity index (χ2n) is 3.94. The number of hydrogen-bond donors (Lipinski definition) is 0. The van der Waals surface area contributed by atoms with Crippen molar-refractivity contribution in [2.75, 3.05) is 6.61 Å². The zero-order valence-electron chi connectivity index (χ0n) is 10.1. The van der Waals surface area contributed by atoms with Crippen molar-refractivity contribution in [3.63, 3.8) is 0 Å². The van der Waals surface area contributed by atoms with Gasteiger partial charge in [0, 0.05) is 10.9 Å². The highest BCUT2D eigenvalue weighted by Gasteiger charge is 2.43. The van der Waals surface area contributed by atoms with Crippen LogP contribution in [0.2, 0.25) is 0 Å². The molecule has 0 spiro atoms. The molecule has 19 heavy (non-hydrogen) atoms. The van der Waals surface area contributed by atoms with Crippen molar-refractivity contribution >= 4 is 16.7 Å². The fourth-order valence-electron chi connectivity index (χ4n) is 1.87. The van der Waals surface area contributed by atoms with Crippen LogP contribution in [0.5, 0.6) is 0 Å². The van der Waals surface area contributed by atoms with Crippen molar-refractivity contribution in [2.24, 2.45) is 0 Å². The molecule has 0 saturated heterocycles. The molecule has 0 unspecified atom stereocenters. The third kappa shape index (κ3) is 2.28. The van der Waals surface area contributed by atoms with E-state index in [1.165, 1.54) is 31.2 Å². The van der Waals surface area contributed by atoms with Crippen molar-refractivity contribution in [3.8, 4) is 0 Å². The number of ether oxygens (including phenoxy) is 1. The predicted octanol–water partition coefficient (Wildman–Crippen LogP) is 3.63. The first-order chi connectivity index (χ1) is 8.98. The molecule has 0 N–H and O–H groups in total. The summed E-state index contributed by atoms with van der Waals surface area (Å²) in [5, 5.41) is 0.0459. The van der Waals surface area contributed by atoms with Gasteiger partial charge in [0.2, 0.25) is 0 Å². The molecule has 2 aromatic carbocycles. The topological polar surface area (TPSA) is 26.3 Å². The number of esters is 1. The van der Waals surface area contributed by atoms with Gasteiger partial charge in [-0.15, -0.1) is 0 Å². The number of carbonyl (C=O) groups excluding carboxylic acids is 1. The first-order valence-corrected chi connectivity index (χ1v) is 5.71. The van der Waals surface area contributed by atoms with E-state index < -0.39 is 23.3 Å². The normalized spacial score (nSPS) is 11.6. The van der Waals surface area contributed by atoms with Crippen molar-refractivity contribution in [3.05, 3.63) is 47.8 Å². The SMILES string of the molecule is CCOC(=O)C(F)(F)c1ccc(F)c2ccccc12. The van der Waals surface area contributed by atoms with Gasteiger partial charge >= 0.3 is 11.9 Å². The highest BCUT2D eigenvalue weighted by molar-refractivity contribution is 5.92. The molecule has 0 fully saturated rings. The number of alkyl halides is 2. The first-order valence-electron chi connectivity index (χ1n) is 5.71. The van der Waals surface area contributed by atoms with Crippen LogP contribution >= 0.6 is 0 Å². The van der Waals surface area contributed by atoms with E-state index >= 15 is 0 Å². The lowest BCUT2D eigenvalue weighted by Gasteiger charge is -2.17. The van der Waals surface area contributed by atoms with Crippen LogP contribution < -0.4 is 0 Å². The Labute approximate surface area is 107 Å². The summed E-state index contributed by atoms with van der Waals surface area (Å²) in [6.45, 7) is 1.30. The summed E-state index contributed by atoms with van der Waals surface area (Å²) in [6.07, 6.45) is 0. The quantitative estimate of drug-likeness (QED) is 0.794. The summed E-state index contributed by atoms with van der Waals surface area (Å²) < 4.78 is 45.9. The molecule has 0 bridgehead atoms. The standard InChI is InChI=1S/C14H11F3O2/c1-2-19-13(18)14(16,17)11-7-8-12(15)10-6-4-3-5-9(10)11/h3-8H,2H2,1H3. The minimum absolute atomic E-state index is 0.000512. The van der Waals surface area contributed by atoms with Crippen molar-refractivity contribution in [1.82, 2.24) is 0 Å². The number of fused-ring (bicyclic) bond motifs is 1. The number of carbonyl (C=O) groups is 1. The summed E-state index contributed by atoms with van der Waals surface area (Å²) in [5.41, 5.74) is -0.553. The van der Waals surface area contributed by atoms with Crippen LogP contribution in [-0.4, -0.2) is 12.6 Å². The monoisotopic (exact) mass is 268 g/mol. The lowest BCUT2D eigenvalue weighted by atomic mass is 9.99. The molecule has 0 aliphatic carbocycles. The molecule has 100 valence electrons. The van der Waals surface area contributed by atoms with Crippen LogP contribution in [-0.2, 0) is 15.5 Å². The number of halogens is 3. The Kier molecular flexibility index (Phi) is 3.46. The van der Waals surface area contributed by atoms with Gasteiger partial charge in [-0.2, -0.15) is 8.78 Å². The van der Waals surface area contributed by atoms with Crippen LogP contribution in [0.1, 0.15) is 12.5 Å². The second kappa shape index (κ2) is 4.91. The van der Waals surface area contributed by atoms with Gasteiger partial charge in [0.05, 0.1) is 6.61 Å². The maximum Gasteiger partial charge on any atom is 0.382 e. The molecule has 0 aliphatic heterocycles. The van der Waals surface area contributed by atoms with Gasteiger partial charge in [-0.3, -0.25) is 0 Å². The van der Waals surface area contributed by atoms with Gasteiger partial charge in [0.1, 0.15) is 5.82 Å². The van der Waals surface area contributed by atoms with Gasteiger partial charge < -0.3 is 4.74 Å². The Balaban J connectivity index is 2.63. The number of rotatable bonds is 3. The maximum absolute atomic E-state index is 14.0. The van der Waals surface area contributed by atoms with Gasteiger partial charge in [0.15, 0.2) is 0 Å². The van der Waals surface area contributed by atoms with Crippen LogP contribution in [0.3, 0.4) is 0 Å². The van der Waals surface area contributed by atoms with Crippen molar-refractivity contribution in [2.45, 2.75) is 12.8 Å². The Morgan fingerprint density at radius 1 is 1.16 bits per heavy atom. The molecule has 0 saturated carbocycles. The molecule has 0 heterocycles. The molecule has 0 aromatic heterocycles. The fraction of sp³-hybridized carbons (Fsp3) is 0.214. The third-order valence-corrected chi connectivity index (χ3v) is 2.74. The third-order valence-electron chi connectivity index (χ3n) is 2.74. The molecule has 0 aliphatic rings. The molecule has 0 atom stereocenters. The molecular formula is C14H11F3O2. The number of hydrogen-bond acceptors (Lipinski definition) is 2. The Morgan fingerprint density at radius 2 is 1.79 bits per heavy atom. The summed E-state index contributed by atoms with van der Waals surface area (Å²) in [5.74, 6) is -6.05. The van der Waals surface area contributed by atoms with Gasteiger partial charge in [0.25, 0.3) is 0 Å². The largest absolute Gasteiger partial charge is 0.461 e.